The van der Waals surface area contributed by atoms with Crippen LogP contribution < -0.4 is 4.74 Å². The number of halogens is 3. The van der Waals surface area contributed by atoms with Gasteiger partial charge in [0.25, 0.3) is 0 Å². The van der Waals surface area contributed by atoms with Gasteiger partial charge in [0.05, 0.1) is 18.1 Å². The van der Waals surface area contributed by atoms with Crippen molar-refractivity contribution in [2.75, 3.05) is 0 Å². The van der Waals surface area contributed by atoms with Gasteiger partial charge in [-0.25, -0.2) is 0 Å². The molecule has 0 aliphatic rings. The van der Waals surface area contributed by atoms with E-state index < -0.39 is 11.7 Å². The fourth-order valence-electron chi connectivity index (χ4n) is 1.68. The minimum absolute atomic E-state index is 0.105. The van der Waals surface area contributed by atoms with E-state index >= 15 is 0 Å². The Balaban J connectivity index is 2.22. The molecule has 0 spiro atoms. The van der Waals surface area contributed by atoms with Crippen LogP contribution in [-0.2, 0) is 12.6 Å². The van der Waals surface area contributed by atoms with E-state index in [4.69, 9.17) is 10.00 Å². The molecular weight excluding hydrogens is 267 g/mol. The molecule has 2 aromatic rings. The van der Waals surface area contributed by atoms with Crippen LogP contribution in [0.15, 0.2) is 48.5 Å². The van der Waals surface area contributed by atoms with Gasteiger partial charge in [-0.05, 0) is 35.9 Å². The highest BCUT2D eigenvalue weighted by Crippen LogP contribution is 2.32. The molecule has 2 aromatic carbocycles. The summed E-state index contributed by atoms with van der Waals surface area (Å²) in [5.74, 6) is 0.506. The van der Waals surface area contributed by atoms with Gasteiger partial charge in [-0.1, -0.05) is 18.2 Å². The van der Waals surface area contributed by atoms with Crippen LogP contribution in [0.4, 0.5) is 13.2 Å². The maximum Gasteiger partial charge on any atom is 0.416 e. The van der Waals surface area contributed by atoms with E-state index in [-0.39, 0.29) is 12.2 Å². The fraction of sp³-hybridized carbons (Fsp3) is 0.133. The largest absolute Gasteiger partial charge is 0.457 e. The molecule has 0 aromatic heterocycles. The molecule has 0 aliphatic carbocycles. The number of nitriles is 1. The standard InChI is InChI=1S/C15H10F3NO/c16-15(17,18)12-4-2-6-14(10-12)20-13-5-1-3-11(9-13)7-8-19/h1-6,9-10H,7H2. The first-order valence-electron chi connectivity index (χ1n) is 5.80. The lowest BCUT2D eigenvalue weighted by Gasteiger charge is -2.10. The van der Waals surface area contributed by atoms with Crippen LogP contribution in [0.25, 0.3) is 0 Å². The number of hydrogen-bond acceptors (Lipinski definition) is 2. The molecule has 0 N–H and O–H groups in total. The molecule has 0 atom stereocenters. The van der Waals surface area contributed by atoms with Crippen molar-refractivity contribution in [3.63, 3.8) is 0 Å². The van der Waals surface area contributed by atoms with E-state index in [9.17, 15) is 13.2 Å². The third kappa shape index (κ3) is 3.51. The monoisotopic (exact) mass is 277 g/mol. The number of benzene rings is 2. The first kappa shape index (κ1) is 13.9. The summed E-state index contributed by atoms with van der Waals surface area (Å²) in [6.07, 6.45) is -4.18. The predicted molar refractivity (Wildman–Crippen MR) is 67.3 cm³/mol. The summed E-state index contributed by atoms with van der Waals surface area (Å²) in [6, 6.07) is 13.4. The molecule has 0 radical (unpaired) electrons. The summed E-state index contributed by atoms with van der Waals surface area (Å²) in [4.78, 5) is 0. The Morgan fingerprint density at radius 3 is 2.30 bits per heavy atom. The summed E-state index contributed by atoms with van der Waals surface area (Å²) < 4.78 is 43.1. The maximum absolute atomic E-state index is 12.6. The van der Waals surface area contributed by atoms with Gasteiger partial charge >= 0.3 is 6.18 Å². The molecule has 0 bridgehead atoms. The van der Waals surface area contributed by atoms with Crippen molar-refractivity contribution >= 4 is 0 Å². The average molecular weight is 277 g/mol. The first-order chi connectivity index (χ1) is 9.49. The van der Waals surface area contributed by atoms with Crippen LogP contribution in [0.1, 0.15) is 11.1 Å². The molecule has 0 saturated heterocycles. The molecule has 20 heavy (non-hydrogen) atoms. The van der Waals surface area contributed by atoms with Crippen molar-refractivity contribution in [3.8, 4) is 17.6 Å². The van der Waals surface area contributed by atoms with E-state index in [1.807, 2.05) is 6.07 Å². The number of ether oxygens (including phenoxy) is 1. The Hall–Kier alpha value is -2.48. The number of alkyl halides is 3. The molecule has 0 fully saturated rings. The van der Waals surface area contributed by atoms with Crippen LogP contribution in [0.5, 0.6) is 11.5 Å². The number of rotatable bonds is 3. The van der Waals surface area contributed by atoms with Crippen LogP contribution in [0, 0.1) is 11.3 Å². The molecule has 0 aliphatic heterocycles. The lowest BCUT2D eigenvalue weighted by atomic mass is 10.1. The molecular formula is C15H10F3NO. The summed E-state index contributed by atoms with van der Waals surface area (Å²) in [6.45, 7) is 0. The van der Waals surface area contributed by atoms with Crippen molar-refractivity contribution in [1.29, 1.82) is 5.26 Å². The molecule has 102 valence electrons. The molecule has 2 nitrogen and oxygen atoms in total. The lowest BCUT2D eigenvalue weighted by molar-refractivity contribution is -0.137. The van der Waals surface area contributed by atoms with Gasteiger partial charge < -0.3 is 4.74 Å². The fourth-order valence-corrected chi connectivity index (χ4v) is 1.68. The van der Waals surface area contributed by atoms with E-state index in [2.05, 4.69) is 0 Å². The van der Waals surface area contributed by atoms with E-state index in [1.54, 1.807) is 24.3 Å². The number of nitrogens with zero attached hydrogens (tertiary/aromatic N) is 1. The minimum atomic E-state index is -4.40. The summed E-state index contributed by atoms with van der Waals surface area (Å²) in [5.41, 5.74) is -0.0137. The highest BCUT2D eigenvalue weighted by Gasteiger charge is 2.30. The van der Waals surface area contributed by atoms with Gasteiger partial charge in [0.1, 0.15) is 11.5 Å². The second kappa shape index (κ2) is 5.66. The van der Waals surface area contributed by atoms with Crippen LogP contribution >= 0.6 is 0 Å². The van der Waals surface area contributed by atoms with Crippen LogP contribution in [-0.4, -0.2) is 0 Å². The van der Waals surface area contributed by atoms with Crippen molar-refractivity contribution in [1.82, 2.24) is 0 Å². The lowest BCUT2D eigenvalue weighted by Crippen LogP contribution is -2.04. The maximum atomic E-state index is 12.6. The molecule has 0 unspecified atom stereocenters. The zero-order valence-electron chi connectivity index (χ0n) is 10.3. The third-order valence-electron chi connectivity index (χ3n) is 2.58. The average Bonchev–Trinajstić information content (AvgIpc) is 2.39. The topological polar surface area (TPSA) is 33.0 Å². The highest BCUT2D eigenvalue weighted by atomic mass is 19.4. The van der Waals surface area contributed by atoms with E-state index in [1.165, 1.54) is 12.1 Å². The molecule has 0 amide bonds. The van der Waals surface area contributed by atoms with Crippen molar-refractivity contribution in [2.45, 2.75) is 12.6 Å². The second-order valence-corrected chi connectivity index (χ2v) is 4.11. The molecule has 5 heteroatoms. The van der Waals surface area contributed by atoms with E-state index in [0.29, 0.717) is 5.75 Å². The minimum Gasteiger partial charge on any atom is -0.457 e. The van der Waals surface area contributed by atoms with Gasteiger partial charge in [0, 0.05) is 0 Å². The third-order valence-corrected chi connectivity index (χ3v) is 2.58. The Bertz CT molecular complexity index is 644. The Labute approximate surface area is 114 Å². The summed E-state index contributed by atoms with van der Waals surface area (Å²) >= 11 is 0. The van der Waals surface area contributed by atoms with Gasteiger partial charge in [-0.2, -0.15) is 18.4 Å². The van der Waals surface area contributed by atoms with Crippen molar-refractivity contribution in [3.05, 3.63) is 59.7 Å². The van der Waals surface area contributed by atoms with Crippen molar-refractivity contribution < 1.29 is 17.9 Å². The summed E-state index contributed by atoms with van der Waals surface area (Å²) in [7, 11) is 0. The first-order valence-corrected chi connectivity index (χ1v) is 5.80. The van der Waals surface area contributed by atoms with Gasteiger partial charge in [-0.3, -0.25) is 0 Å². The van der Waals surface area contributed by atoms with Gasteiger partial charge in [0.2, 0.25) is 0 Å². The molecule has 2 rings (SSSR count). The normalized spacial score (nSPS) is 10.9. The van der Waals surface area contributed by atoms with Crippen LogP contribution in [0.2, 0.25) is 0 Å². The van der Waals surface area contributed by atoms with Crippen molar-refractivity contribution in [2.24, 2.45) is 0 Å². The predicted octanol–water partition coefficient (Wildman–Crippen LogP) is 4.56. The quantitative estimate of drug-likeness (QED) is 0.823. The highest BCUT2D eigenvalue weighted by molar-refractivity contribution is 5.37. The molecule has 0 saturated carbocycles. The zero-order valence-corrected chi connectivity index (χ0v) is 10.3. The van der Waals surface area contributed by atoms with Gasteiger partial charge in [0.15, 0.2) is 0 Å². The Kier molecular flexibility index (Phi) is 3.94. The zero-order chi connectivity index (χ0) is 14.6. The van der Waals surface area contributed by atoms with E-state index in [0.717, 1.165) is 17.7 Å². The molecule has 0 heterocycles. The smallest absolute Gasteiger partial charge is 0.416 e. The number of hydrogen-bond donors (Lipinski definition) is 0. The second-order valence-electron chi connectivity index (χ2n) is 4.11. The van der Waals surface area contributed by atoms with Gasteiger partial charge in [-0.15, -0.1) is 0 Å². The SMILES string of the molecule is N#CCc1cccc(Oc2cccc(C(F)(F)F)c2)c1. The Morgan fingerprint density at radius 2 is 1.65 bits per heavy atom. The summed E-state index contributed by atoms with van der Waals surface area (Å²) in [5, 5.41) is 8.61. The Morgan fingerprint density at radius 1 is 1.00 bits per heavy atom. The van der Waals surface area contributed by atoms with Crippen LogP contribution in [0.3, 0.4) is 0 Å².